The number of thioether (sulfide) groups is 1. The molecule has 0 bridgehead atoms. The third-order valence-electron chi connectivity index (χ3n) is 5.84. The van der Waals surface area contributed by atoms with Crippen LogP contribution in [0.1, 0.15) is 47.4 Å². The van der Waals surface area contributed by atoms with Crippen molar-refractivity contribution in [3.05, 3.63) is 47.3 Å². The van der Waals surface area contributed by atoms with E-state index in [1.165, 1.54) is 11.8 Å². The predicted molar refractivity (Wildman–Crippen MR) is 133 cm³/mol. The molecule has 10 heteroatoms. The number of aryl methyl sites for hydroxylation is 3. The van der Waals surface area contributed by atoms with E-state index in [-0.39, 0.29) is 24.1 Å². The van der Waals surface area contributed by atoms with Gasteiger partial charge in [-0.25, -0.2) is 0 Å². The first kappa shape index (κ1) is 24.0. The molecule has 0 aliphatic carbocycles. The fourth-order valence-corrected chi connectivity index (χ4v) is 5.19. The van der Waals surface area contributed by atoms with Gasteiger partial charge in [0, 0.05) is 49.5 Å². The Hall–Kier alpha value is -3.14. The standard InChI is InChI=1S/C24H30N6O3S/c1-16-14-17(2)30(28-16)13-5-10-25-22(32)18-6-8-19(9-7-18)26-21(31)15-20-23(33)27-24(34-20)29-11-3-4-12-29/h6-9,14,20H,3-5,10-13,15H2,1-2H3,(H,25,32)(H,26,31). The van der Waals surface area contributed by atoms with Crippen LogP contribution in [0.25, 0.3) is 0 Å². The first-order valence-electron chi connectivity index (χ1n) is 11.6. The van der Waals surface area contributed by atoms with Gasteiger partial charge in [0.25, 0.3) is 11.8 Å². The second-order valence-corrected chi connectivity index (χ2v) is 9.79. The summed E-state index contributed by atoms with van der Waals surface area (Å²) in [7, 11) is 0. The van der Waals surface area contributed by atoms with E-state index in [1.54, 1.807) is 24.3 Å². The molecule has 1 atom stereocenters. The molecule has 1 aromatic heterocycles. The van der Waals surface area contributed by atoms with Crippen molar-refractivity contribution in [2.24, 2.45) is 4.99 Å². The van der Waals surface area contributed by atoms with E-state index < -0.39 is 5.25 Å². The highest BCUT2D eigenvalue weighted by Crippen LogP contribution is 2.29. The van der Waals surface area contributed by atoms with Crippen LogP contribution in [0.3, 0.4) is 0 Å². The quantitative estimate of drug-likeness (QED) is 0.560. The van der Waals surface area contributed by atoms with Crippen LogP contribution in [0.4, 0.5) is 5.69 Å². The number of hydrogen-bond acceptors (Lipinski definition) is 6. The van der Waals surface area contributed by atoms with Crippen molar-refractivity contribution in [2.45, 2.75) is 51.3 Å². The molecule has 3 amide bonds. The molecule has 4 rings (SSSR count). The minimum absolute atomic E-state index is 0.0713. The number of nitrogens with zero attached hydrogens (tertiary/aromatic N) is 4. The number of aromatic nitrogens is 2. The molecule has 3 heterocycles. The molecule has 180 valence electrons. The van der Waals surface area contributed by atoms with Crippen LogP contribution < -0.4 is 10.6 Å². The van der Waals surface area contributed by atoms with Gasteiger partial charge in [0.1, 0.15) is 5.25 Å². The molecule has 1 aromatic carbocycles. The Morgan fingerprint density at radius 3 is 2.56 bits per heavy atom. The zero-order valence-electron chi connectivity index (χ0n) is 19.5. The Labute approximate surface area is 203 Å². The van der Waals surface area contributed by atoms with Crippen molar-refractivity contribution in [2.75, 3.05) is 25.0 Å². The van der Waals surface area contributed by atoms with Gasteiger partial charge < -0.3 is 15.5 Å². The molecule has 2 aromatic rings. The summed E-state index contributed by atoms with van der Waals surface area (Å²) in [4.78, 5) is 43.3. The van der Waals surface area contributed by atoms with E-state index >= 15 is 0 Å². The van der Waals surface area contributed by atoms with Crippen LogP contribution in [-0.2, 0) is 16.1 Å². The van der Waals surface area contributed by atoms with Gasteiger partial charge in [-0.3, -0.25) is 19.1 Å². The summed E-state index contributed by atoms with van der Waals surface area (Å²) in [5.74, 6) is -0.650. The van der Waals surface area contributed by atoms with Crippen molar-refractivity contribution < 1.29 is 14.4 Å². The van der Waals surface area contributed by atoms with Crippen LogP contribution in [0.15, 0.2) is 35.3 Å². The molecular weight excluding hydrogens is 452 g/mol. The van der Waals surface area contributed by atoms with Gasteiger partial charge in [0.05, 0.1) is 5.69 Å². The van der Waals surface area contributed by atoms with Crippen molar-refractivity contribution in [3.8, 4) is 0 Å². The Kier molecular flexibility index (Phi) is 7.66. The molecule has 9 nitrogen and oxygen atoms in total. The van der Waals surface area contributed by atoms with Gasteiger partial charge >= 0.3 is 0 Å². The van der Waals surface area contributed by atoms with Gasteiger partial charge in [-0.15, -0.1) is 0 Å². The number of rotatable bonds is 8. The zero-order valence-corrected chi connectivity index (χ0v) is 20.4. The van der Waals surface area contributed by atoms with Gasteiger partial charge in [-0.2, -0.15) is 10.1 Å². The number of benzene rings is 1. The summed E-state index contributed by atoms with van der Waals surface area (Å²) >= 11 is 1.38. The van der Waals surface area contributed by atoms with E-state index in [1.807, 2.05) is 24.6 Å². The number of aliphatic imine (C=N–C) groups is 1. The van der Waals surface area contributed by atoms with Crippen LogP contribution in [-0.4, -0.2) is 62.5 Å². The summed E-state index contributed by atoms with van der Waals surface area (Å²) in [6.45, 7) is 7.11. The smallest absolute Gasteiger partial charge is 0.262 e. The maximum atomic E-state index is 12.4. The largest absolute Gasteiger partial charge is 0.352 e. The van der Waals surface area contributed by atoms with Gasteiger partial charge in [0.2, 0.25) is 5.91 Å². The Bertz CT molecular complexity index is 1090. The van der Waals surface area contributed by atoms with Crippen LogP contribution in [0.5, 0.6) is 0 Å². The van der Waals surface area contributed by atoms with Crippen LogP contribution in [0.2, 0.25) is 0 Å². The van der Waals surface area contributed by atoms with E-state index in [0.29, 0.717) is 17.8 Å². The molecule has 34 heavy (non-hydrogen) atoms. The van der Waals surface area contributed by atoms with E-state index in [0.717, 1.165) is 55.5 Å². The number of carbonyl (C=O) groups excluding carboxylic acids is 3. The molecule has 2 N–H and O–H groups in total. The van der Waals surface area contributed by atoms with E-state index in [2.05, 4.69) is 25.6 Å². The maximum Gasteiger partial charge on any atom is 0.262 e. The lowest BCUT2D eigenvalue weighted by molar-refractivity contribution is -0.121. The molecule has 1 unspecified atom stereocenters. The zero-order chi connectivity index (χ0) is 24.1. The summed E-state index contributed by atoms with van der Waals surface area (Å²) in [5.41, 5.74) is 3.20. The maximum absolute atomic E-state index is 12.4. The van der Waals surface area contributed by atoms with Crippen LogP contribution in [0, 0.1) is 13.8 Å². The van der Waals surface area contributed by atoms with Crippen molar-refractivity contribution in [1.29, 1.82) is 0 Å². The summed E-state index contributed by atoms with van der Waals surface area (Å²) in [5, 5.41) is 10.4. The lowest BCUT2D eigenvalue weighted by atomic mass is 10.2. The minimum Gasteiger partial charge on any atom is -0.352 e. The SMILES string of the molecule is Cc1cc(C)n(CCCNC(=O)c2ccc(NC(=O)CC3SC(N4CCCC4)=NC3=O)cc2)n1. The molecule has 2 aliphatic rings. The van der Waals surface area contributed by atoms with E-state index in [9.17, 15) is 14.4 Å². The number of nitrogens with one attached hydrogen (secondary N) is 2. The normalized spacial score (nSPS) is 17.7. The van der Waals surface area contributed by atoms with Gasteiger partial charge in [-0.05, 0) is 63.4 Å². The highest BCUT2D eigenvalue weighted by Gasteiger charge is 2.33. The number of anilines is 1. The Balaban J connectivity index is 1.19. The van der Waals surface area contributed by atoms with Crippen molar-refractivity contribution >= 4 is 40.3 Å². The van der Waals surface area contributed by atoms with E-state index in [4.69, 9.17) is 0 Å². The Morgan fingerprint density at radius 2 is 1.88 bits per heavy atom. The third-order valence-corrected chi connectivity index (χ3v) is 7.06. The highest BCUT2D eigenvalue weighted by atomic mass is 32.2. The fraction of sp³-hybridized carbons (Fsp3) is 0.458. The number of hydrogen-bond donors (Lipinski definition) is 2. The van der Waals surface area contributed by atoms with Gasteiger partial charge in [-0.1, -0.05) is 11.8 Å². The van der Waals surface area contributed by atoms with Crippen LogP contribution >= 0.6 is 11.8 Å². The highest BCUT2D eigenvalue weighted by molar-refractivity contribution is 8.15. The average molecular weight is 483 g/mol. The number of amidine groups is 1. The predicted octanol–water partition coefficient (Wildman–Crippen LogP) is 2.74. The minimum atomic E-state index is -0.477. The molecular formula is C24H30N6O3S. The second kappa shape index (κ2) is 10.9. The van der Waals surface area contributed by atoms with Crippen molar-refractivity contribution in [1.82, 2.24) is 20.0 Å². The summed E-state index contributed by atoms with van der Waals surface area (Å²) < 4.78 is 1.94. The molecule has 1 saturated heterocycles. The number of carbonyl (C=O) groups is 3. The summed E-state index contributed by atoms with van der Waals surface area (Å²) in [6, 6.07) is 8.77. The van der Waals surface area contributed by atoms with Gasteiger partial charge in [0.15, 0.2) is 5.17 Å². The Morgan fingerprint density at radius 1 is 1.15 bits per heavy atom. The molecule has 2 aliphatic heterocycles. The monoisotopic (exact) mass is 482 g/mol. The molecule has 1 fully saturated rings. The molecule has 0 radical (unpaired) electrons. The number of amides is 3. The fourth-order valence-electron chi connectivity index (χ4n) is 4.07. The van der Waals surface area contributed by atoms with Crippen molar-refractivity contribution in [3.63, 3.8) is 0 Å². The summed E-state index contributed by atoms with van der Waals surface area (Å²) in [6.07, 6.45) is 3.07. The third kappa shape index (κ3) is 6.05. The first-order valence-corrected chi connectivity index (χ1v) is 12.5. The molecule has 0 saturated carbocycles. The second-order valence-electron chi connectivity index (χ2n) is 8.62. The first-order chi connectivity index (χ1) is 16.4. The lowest BCUT2D eigenvalue weighted by Crippen LogP contribution is -2.25. The topological polar surface area (TPSA) is 109 Å². The molecule has 0 spiro atoms. The lowest BCUT2D eigenvalue weighted by Gasteiger charge is -2.16. The average Bonchev–Trinajstić information content (AvgIpc) is 3.53. The number of likely N-dealkylation sites (tertiary alicyclic amines) is 1.